The van der Waals surface area contributed by atoms with E-state index in [9.17, 15) is 4.79 Å². The topological polar surface area (TPSA) is 58.8 Å². The first kappa shape index (κ1) is 20.3. The van der Waals surface area contributed by atoms with Gasteiger partial charge in [-0.15, -0.1) is 12.4 Å². The molecule has 2 N–H and O–H groups in total. The lowest BCUT2D eigenvalue weighted by molar-refractivity contribution is -0.130. The molecule has 0 bridgehead atoms. The van der Waals surface area contributed by atoms with Crippen LogP contribution in [0.2, 0.25) is 0 Å². The summed E-state index contributed by atoms with van der Waals surface area (Å²) in [6.45, 7) is 1.98. The monoisotopic (exact) mass is 401 g/mol. The highest BCUT2D eigenvalue weighted by atomic mass is 35.5. The Morgan fingerprint density at radius 2 is 1.96 bits per heavy atom. The second kappa shape index (κ2) is 8.74. The Bertz CT molecular complexity index is 821. The number of nitrogens with two attached hydrogens (primary N) is 1. The van der Waals surface area contributed by atoms with E-state index in [4.69, 9.17) is 10.5 Å². The summed E-state index contributed by atoms with van der Waals surface area (Å²) in [6.07, 6.45) is 4.23. The highest BCUT2D eigenvalue weighted by molar-refractivity contribution is 5.85. The smallest absolute Gasteiger partial charge is 0.242 e. The van der Waals surface area contributed by atoms with Crippen molar-refractivity contribution in [3.63, 3.8) is 0 Å². The van der Waals surface area contributed by atoms with E-state index in [1.807, 2.05) is 41.3 Å². The average Bonchev–Trinajstić information content (AvgIpc) is 3.52. The molecule has 1 aliphatic carbocycles. The van der Waals surface area contributed by atoms with Gasteiger partial charge in [0, 0.05) is 30.5 Å². The average molecular weight is 402 g/mol. The quantitative estimate of drug-likeness (QED) is 0.750. The third kappa shape index (κ3) is 4.36. The molecule has 150 valence electrons. The number of carbonyl (C=O) groups is 1. The third-order valence-electron chi connectivity index (χ3n) is 5.53. The summed E-state index contributed by atoms with van der Waals surface area (Å²) in [6, 6.07) is 14.4. The molecule has 0 saturated heterocycles. The van der Waals surface area contributed by atoms with Crippen LogP contribution in [0.15, 0.2) is 42.5 Å². The number of hydrogen-bond donors (Lipinski definition) is 1. The molecular weight excluding hydrogens is 374 g/mol. The van der Waals surface area contributed by atoms with Crippen molar-refractivity contribution in [1.29, 1.82) is 0 Å². The van der Waals surface area contributed by atoms with Crippen LogP contribution in [-0.2, 0) is 17.8 Å². The molecule has 2 aromatic carbocycles. The van der Waals surface area contributed by atoms with E-state index >= 15 is 0 Å². The predicted octanol–water partition coefficient (Wildman–Crippen LogP) is 3.64. The van der Waals surface area contributed by atoms with Crippen molar-refractivity contribution in [3.05, 3.63) is 53.6 Å². The van der Waals surface area contributed by atoms with E-state index in [-0.39, 0.29) is 18.3 Å². The summed E-state index contributed by atoms with van der Waals surface area (Å²) >= 11 is 0. The summed E-state index contributed by atoms with van der Waals surface area (Å²) in [5.74, 6) is 1.04. The van der Waals surface area contributed by atoms with E-state index in [1.165, 1.54) is 5.56 Å². The first-order valence-electron chi connectivity index (χ1n) is 9.70. The fourth-order valence-electron chi connectivity index (χ4n) is 3.88. The molecule has 4 rings (SSSR count). The minimum absolute atomic E-state index is 0. The molecule has 1 fully saturated rings. The summed E-state index contributed by atoms with van der Waals surface area (Å²) in [5.41, 5.74) is 10.4. The van der Waals surface area contributed by atoms with Gasteiger partial charge < -0.3 is 20.3 Å². The number of carbonyl (C=O) groups excluding carboxylic acids is 1. The molecule has 0 unspecified atom stereocenters. The highest BCUT2D eigenvalue weighted by Gasteiger charge is 2.33. The van der Waals surface area contributed by atoms with Crippen LogP contribution in [0, 0.1) is 0 Å². The standard InChI is InChI=1S/C22H27N3O2.ClH/c1-27-18-11-7-16(8-12-18)14-25(17-9-10-17)22(26)15-24-13-3-4-19-20(23)5-2-6-21(19)24;/h2,5-8,11-12,17H,3-4,9-10,13-15,23H2,1H3;1H. The second-order valence-electron chi connectivity index (χ2n) is 7.47. The molecule has 5 nitrogen and oxygen atoms in total. The number of nitrogen functional groups attached to an aromatic ring is 1. The number of fused-ring (bicyclic) bond motifs is 1. The van der Waals surface area contributed by atoms with Gasteiger partial charge in [-0.05, 0) is 61.1 Å². The lowest BCUT2D eigenvalue weighted by Crippen LogP contribution is -2.43. The van der Waals surface area contributed by atoms with Gasteiger partial charge in [0.1, 0.15) is 5.75 Å². The molecule has 1 heterocycles. The van der Waals surface area contributed by atoms with Gasteiger partial charge in [-0.25, -0.2) is 0 Å². The Hall–Kier alpha value is -2.40. The van der Waals surface area contributed by atoms with Gasteiger partial charge in [0.2, 0.25) is 5.91 Å². The Morgan fingerprint density at radius 1 is 1.21 bits per heavy atom. The number of halogens is 1. The van der Waals surface area contributed by atoms with Crippen molar-refractivity contribution in [3.8, 4) is 5.75 Å². The minimum Gasteiger partial charge on any atom is -0.497 e. The lowest BCUT2D eigenvalue weighted by Gasteiger charge is -2.33. The van der Waals surface area contributed by atoms with Crippen LogP contribution < -0.4 is 15.4 Å². The van der Waals surface area contributed by atoms with Gasteiger partial charge in [-0.1, -0.05) is 18.2 Å². The molecule has 1 aliphatic heterocycles. The summed E-state index contributed by atoms with van der Waals surface area (Å²) in [7, 11) is 1.66. The summed E-state index contributed by atoms with van der Waals surface area (Å²) < 4.78 is 5.23. The number of benzene rings is 2. The molecule has 0 atom stereocenters. The molecule has 2 aliphatic rings. The minimum atomic E-state index is 0. The van der Waals surface area contributed by atoms with Crippen LogP contribution in [-0.4, -0.2) is 37.0 Å². The van der Waals surface area contributed by atoms with Gasteiger partial charge in [0.15, 0.2) is 0 Å². The zero-order valence-corrected chi connectivity index (χ0v) is 17.1. The number of nitrogens with zero attached hydrogens (tertiary/aromatic N) is 2. The zero-order chi connectivity index (χ0) is 18.8. The van der Waals surface area contributed by atoms with Gasteiger partial charge >= 0.3 is 0 Å². The summed E-state index contributed by atoms with van der Waals surface area (Å²) in [5, 5.41) is 0. The Kier molecular flexibility index (Phi) is 6.35. The highest BCUT2D eigenvalue weighted by Crippen LogP contribution is 2.33. The largest absolute Gasteiger partial charge is 0.497 e. The van der Waals surface area contributed by atoms with Crippen LogP contribution >= 0.6 is 12.4 Å². The van der Waals surface area contributed by atoms with Crippen molar-refractivity contribution in [2.75, 3.05) is 30.8 Å². The number of methoxy groups -OCH3 is 1. The first-order chi connectivity index (χ1) is 13.2. The van der Waals surface area contributed by atoms with E-state index in [0.717, 1.165) is 54.9 Å². The predicted molar refractivity (Wildman–Crippen MR) is 115 cm³/mol. The van der Waals surface area contributed by atoms with E-state index in [2.05, 4.69) is 11.0 Å². The molecule has 1 amide bonds. The van der Waals surface area contributed by atoms with Gasteiger partial charge in [0.25, 0.3) is 0 Å². The van der Waals surface area contributed by atoms with Crippen LogP contribution in [0.1, 0.15) is 30.4 Å². The Labute approximate surface area is 172 Å². The first-order valence-corrected chi connectivity index (χ1v) is 9.70. The molecular formula is C22H28ClN3O2. The third-order valence-corrected chi connectivity index (χ3v) is 5.53. The zero-order valence-electron chi connectivity index (χ0n) is 16.3. The van der Waals surface area contributed by atoms with Crippen LogP contribution in [0.25, 0.3) is 0 Å². The van der Waals surface area contributed by atoms with Crippen molar-refractivity contribution in [2.45, 2.75) is 38.3 Å². The Morgan fingerprint density at radius 3 is 2.64 bits per heavy atom. The summed E-state index contributed by atoms with van der Waals surface area (Å²) in [4.78, 5) is 17.4. The van der Waals surface area contributed by atoms with Crippen LogP contribution in [0.5, 0.6) is 5.75 Å². The van der Waals surface area contributed by atoms with Crippen LogP contribution in [0.3, 0.4) is 0 Å². The fraction of sp³-hybridized carbons (Fsp3) is 0.409. The lowest BCUT2D eigenvalue weighted by atomic mass is 10.00. The maximum Gasteiger partial charge on any atom is 0.242 e. The van der Waals surface area contributed by atoms with Crippen LogP contribution in [0.4, 0.5) is 11.4 Å². The van der Waals surface area contributed by atoms with Gasteiger partial charge in [0.05, 0.1) is 13.7 Å². The molecule has 0 spiro atoms. The number of hydrogen-bond acceptors (Lipinski definition) is 4. The van der Waals surface area contributed by atoms with Gasteiger partial charge in [-0.3, -0.25) is 4.79 Å². The molecule has 28 heavy (non-hydrogen) atoms. The number of rotatable bonds is 6. The molecule has 2 aromatic rings. The van der Waals surface area contributed by atoms with Crippen molar-refractivity contribution in [2.24, 2.45) is 0 Å². The molecule has 0 aromatic heterocycles. The Balaban J connectivity index is 0.00000225. The SMILES string of the molecule is COc1ccc(CN(C(=O)CN2CCCc3c(N)cccc32)C2CC2)cc1.Cl. The van der Waals surface area contributed by atoms with E-state index in [1.54, 1.807) is 7.11 Å². The second-order valence-corrected chi connectivity index (χ2v) is 7.47. The molecule has 6 heteroatoms. The maximum atomic E-state index is 13.1. The fourth-order valence-corrected chi connectivity index (χ4v) is 3.88. The van der Waals surface area contributed by atoms with Crippen molar-refractivity contribution < 1.29 is 9.53 Å². The van der Waals surface area contributed by atoms with Crippen molar-refractivity contribution >= 4 is 29.7 Å². The normalized spacial score (nSPS) is 15.4. The van der Waals surface area contributed by atoms with Gasteiger partial charge in [-0.2, -0.15) is 0 Å². The number of anilines is 2. The maximum absolute atomic E-state index is 13.1. The number of amides is 1. The van der Waals surface area contributed by atoms with E-state index < -0.39 is 0 Å². The van der Waals surface area contributed by atoms with Crippen molar-refractivity contribution in [1.82, 2.24) is 4.90 Å². The van der Waals surface area contributed by atoms with E-state index in [0.29, 0.717) is 19.1 Å². The molecule has 1 saturated carbocycles. The number of ether oxygens (including phenoxy) is 1. The molecule has 0 radical (unpaired) electrons.